The Morgan fingerprint density at radius 3 is 2.95 bits per heavy atom. The first-order valence-corrected chi connectivity index (χ1v) is 7.01. The standard InChI is InChI=1S/C14H23N3O2/c15-14(17-8-2-1-3-9-17)16-7-5-10-18-12-13-6-4-11-19-13/h4,6,11H,1-3,5,7-10,12H2,(H2,15,16). The summed E-state index contributed by atoms with van der Waals surface area (Å²) < 4.78 is 10.7. The van der Waals surface area contributed by atoms with Crippen molar-refractivity contribution in [2.75, 3.05) is 26.2 Å². The minimum atomic E-state index is 0.526. The smallest absolute Gasteiger partial charge is 0.191 e. The number of aliphatic imine (C=N–C) groups is 1. The number of nitrogens with zero attached hydrogens (tertiary/aromatic N) is 2. The maximum absolute atomic E-state index is 5.96. The molecule has 0 aromatic carbocycles. The van der Waals surface area contributed by atoms with Crippen molar-refractivity contribution in [1.82, 2.24) is 4.90 Å². The van der Waals surface area contributed by atoms with Gasteiger partial charge < -0.3 is 19.8 Å². The summed E-state index contributed by atoms with van der Waals surface area (Å²) in [5.74, 6) is 1.54. The highest BCUT2D eigenvalue weighted by Gasteiger charge is 2.11. The van der Waals surface area contributed by atoms with Crippen molar-refractivity contribution in [1.29, 1.82) is 0 Å². The van der Waals surface area contributed by atoms with Crippen LogP contribution in [0.25, 0.3) is 0 Å². The summed E-state index contributed by atoms with van der Waals surface area (Å²) in [4.78, 5) is 6.57. The number of ether oxygens (including phenoxy) is 1. The highest BCUT2D eigenvalue weighted by atomic mass is 16.5. The van der Waals surface area contributed by atoms with E-state index in [0.717, 1.165) is 31.8 Å². The Bertz CT molecular complexity index is 370. The van der Waals surface area contributed by atoms with Crippen molar-refractivity contribution in [3.8, 4) is 0 Å². The van der Waals surface area contributed by atoms with Gasteiger partial charge in [0.05, 0.1) is 6.26 Å². The van der Waals surface area contributed by atoms with Crippen molar-refractivity contribution in [3.63, 3.8) is 0 Å². The normalized spacial score (nSPS) is 16.8. The van der Waals surface area contributed by atoms with Gasteiger partial charge in [0, 0.05) is 26.2 Å². The first-order valence-electron chi connectivity index (χ1n) is 7.01. The number of furan rings is 1. The largest absolute Gasteiger partial charge is 0.467 e. The second kappa shape index (κ2) is 7.84. The van der Waals surface area contributed by atoms with Crippen molar-refractivity contribution in [2.45, 2.75) is 32.3 Å². The fraction of sp³-hybridized carbons (Fsp3) is 0.643. The molecular weight excluding hydrogens is 242 g/mol. The second-order valence-corrected chi connectivity index (χ2v) is 4.77. The van der Waals surface area contributed by atoms with Gasteiger partial charge in [-0.2, -0.15) is 0 Å². The van der Waals surface area contributed by atoms with Crippen LogP contribution in [-0.2, 0) is 11.3 Å². The van der Waals surface area contributed by atoms with E-state index in [0.29, 0.717) is 19.2 Å². The minimum absolute atomic E-state index is 0.526. The molecule has 0 aliphatic carbocycles. The van der Waals surface area contributed by atoms with Crippen LogP contribution in [0, 0.1) is 0 Å². The Morgan fingerprint density at radius 1 is 1.37 bits per heavy atom. The van der Waals surface area contributed by atoms with Crippen molar-refractivity contribution in [3.05, 3.63) is 24.2 Å². The third kappa shape index (κ3) is 4.95. The Morgan fingerprint density at radius 2 is 2.21 bits per heavy atom. The number of rotatable bonds is 6. The van der Waals surface area contributed by atoms with E-state index in [2.05, 4.69) is 9.89 Å². The molecule has 0 saturated carbocycles. The molecule has 0 bridgehead atoms. The topological polar surface area (TPSA) is 64.0 Å². The lowest BCUT2D eigenvalue weighted by molar-refractivity contribution is 0.105. The maximum atomic E-state index is 5.96. The third-order valence-electron chi connectivity index (χ3n) is 3.23. The summed E-state index contributed by atoms with van der Waals surface area (Å²) in [6, 6.07) is 3.77. The van der Waals surface area contributed by atoms with Gasteiger partial charge in [0.15, 0.2) is 5.96 Å². The van der Waals surface area contributed by atoms with E-state index in [4.69, 9.17) is 14.9 Å². The van der Waals surface area contributed by atoms with Crippen LogP contribution in [0.4, 0.5) is 0 Å². The molecule has 19 heavy (non-hydrogen) atoms. The lowest BCUT2D eigenvalue weighted by atomic mass is 10.1. The Hall–Kier alpha value is -1.49. The molecule has 2 heterocycles. The Labute approximate surface area is 114 Å². The summed E-state index contributed by atoms with van der Waals surface area (Å²) in [6.45, 7) is 4.02. The van der Waals surface area contributed by atoms with Crippen LogP contribution in [0.2, 0.25) is 0 Å². The fourth-order valence-electron chi connectivity index (χ4n) is 2.15. The summed E-state index contributed by atoms with van der Waals surface area (Å²) in [5, 5.41) is 0. The molecule has 0 radical (unpaired) electrons. The number of guanidine groups is 1. The van der Waals surface area contributed by atoms with Crippen molar-refractivity contribution >= 4 is 5.96 Å². The zero-order valence-corrected chi connectivity index (χ0v) is 11.4. The molecule has 1 aliphatic rings. The van der Waals surface area contributed by atoms with Crippen LogP contribution < -0.4 is 5.73 Å². The lowest BCUT2D eigenvalue weighted by Gasteiger charge is -2.27. The van der Waals surface area contributed by atoms with Gasteiger partial charge in [0.25, 0.3) is 0 Å². The molecule has 1 aliphatic heterocycles. The highest BCUT2D eigenvalue weighted by molar-refractivity contribution is 5.78. The molecule has 1 aromatic heterocycles. The van der Waals surface area contributed by atoms with Crippen LogP contribution in [0.5, 0.6) is 0 Å². The minimum Gasteiger partial charge on any atom is -0.467 e. The zero-order valence-electron chi connectivity index (χ0n) is 11.4. The van der Waals surface area contributed by atoms with E-state index in [9.17, 15) is 0 Å². The summed E-state index contributed by atoms with van der Waals surface area (Å²) in [6.07, 6.45) is 6.30. The summed E-state index contributed by atoms with van der Waals surface area (Å²) in [5.41, 5.74) is 5.96. The van der Waals surface area contributed by atoms with Gasteiger partial charge in [0.2, 0.25) is 0 Å². The first-order chi connectivity index (χ1) is 9.36. The van der Waals surface area contributed by atoms with Gasteiger partial charge in [-0.3, -0.25) is 4.99 Å². The monoisotopic (exact) mass is 265 g/mol. The van der Waals surface area contributed by atoms with Gasteiger partial charge in [-0.1, -0.05) is 0 Å². The number of piperidine rings is 1. The molecule has 1 fully saturated rings. The summed E-state index contributed by atoms with van der Waals surface area (Å²) in [7, 11) is 0. The van der Waals surface area contributed by atoms with E-state index in [-0.39, 0.29) is 0 Å². The van der Waals surface area contributed by atoms with Gasteiger partial charge >= 0.3 is 0 Å². The Balaban J connectivity index is 1.55. The number of likely N-dealkylation sites (tertiary alicyclic amines) is 1. The van der Waals surface area contributed by atoms with E-state index in [1.807, 2.05) is 12.1 Å². The Kier molecular flexibility index (Phi) is 5.75. The molecular formula is C14H23N3O2. The van der Waals surface area contributed by atoms with Crippen LogP contribution in [-0.4, -0.2) is 37.1 Å². The molecule has 2 N–H and O–H groups in total. The average molecular weight is 265 g/mol. The molecule has 1 aromatic rings. The van der Waals surface area contributed by atoms with E-state index >= 15 is 0 Å². The molecule has 1 saturated heterocycles. The predicted octanol–water partition coefficient (Wildman–Crippen LogP) is 1.99. The quantitative estimate of drug-likeness (QED) is 0.485. The first kappa shape index (κ1) is 13.9. The number of nitrogens with two attached hydrogens (primary N) is 1. The van der Waals surface area contributed by atoms with E-state index in [1.54, 1.807) is 6.26 Å². The number of hydrogen-bond acceptors (Lipinski definition) is 3. The molecule has 5 heteroatoms. The average Bonchev–Trinajstić information content (AvgIpc) is 2.96. The van der Waals surface area contributed by atoms with Gasteiger partial charge in [-0.05, 0) is 37.8 Å². The third-order valence-corrected chi connectivity index (χ3v) is 3.23. The molecule has 106 valence electrons. The molecule has 0 amide bonds. The van der Waals surface area contributed by atoms with E-state index < -0.39 is 0 Å². The van der Waals surface area contributed by atoms with Crippen LogP contribution in [0.15, 0.2) is 27.8 Å². The summed E-state index contributed by atoms with van der Waals surface area (Å²) >= 11 is 0. The fourth-order valence-corrected chi connectivity index (χ4v) is 2.15. The highest BCUT2D eigenvalue weighted by Crippen LogP contribution is 2.08. The molecule has 2 rings (SSSR count). The van der Waals surface area contributed by atoms with Gasteiger partial charge in [-0.25, -0.2) is 0 Å². The van der Waals surface area contributed by atoms with Gasteiger partial charge in [0.1, 0.15) is 12.4 Å². The molecule has 0 unspecified atom stereocenters. The maximum Gasteiger partial charge on any atom is 0.191 e. The number of hydrogen-bond donors (Lipinski definition) is 1. The van der Waals surface area contributed by atoms with Crippen molar-refractivity contribution in [2.24, 2.45) is 10.7 Å². The lowest BCUT2D eigenvalue weighted by Crippen LogP contribution is -2.40. The molecule has 5 nitrogen and oxygen atoms in total. The van der Waals surface area contributed by atoms with Crippen molar-refractivity contribution < 1.29 is 9.15 Å². The SMILES string of the molecule is NC(=NCCCOCc1ccco1)N1CCCCC1. The van der Waals surface area contributed by atoms with Gasteiger partial charge in [-0.15, -0.1) is 0 Å². The molecule has 0 spiro atoms. The zero-order chi connectivity index (χ0) is 13.3. The van der Waals surface area contributed by atoms with Crippen LogP contribution >= 0.6 is 0 Å². The molecule has 0 atom stereocenters. The van der Waals surface area contributed by atoms with Crippen LogP contribution in [0.3, 0.4) is 0 Å². The van der Waals surface area contributed by atoms with E-state index in [1.165, 1.54) is 19.3 Å². The van der Waals surface area contributed by atoms with Crippen LogP contribution in [0.1, 0.15) is 31.4 Å². The predicted molar refractivity (Wildman–Crippen MR) is 74.9 cm³/mol. The second-order valence-electron chi connectivity index (χ2n) is 4.77.